The number of carbonyl (C=O) groups is 1. The third-order valence-corrected chi connectivity index (χ3v) is 2.44. The molecule has 0 atom stereocenters. The second kappa shape index (κ2) is 4.49. The molecule has 0 aliphatic heterocycles. The number of carbonyl (C=O) groups excluding carboxylic acids is 1. The maximum absolute atomic E-state index is 11.7. The molecule has 0 bridgehead atoms. The van der Waals surface area contributed by atoms with Crippen LogP contribution in [0, 0.1) is 13.8 Å². The van der Waals surface area contributed by atoms with Crippen molar-refractivity contribution >= 4 is 17.6 Å². The number of hydrogen-bond acceptors (Lipinski definition) is 3. The molecule has 1 rings (SSSR count). The minimum atomic E-state index is -0.641. The maximum Gasteiger partial charge on any atom is 0.343 e. The van der Waals surface area contributed by atoms with E-state index < -0.39 is 11.4 Å². The molecule has 0 saturated heterocycles. The summed E-state index contributed by atoms with van der Waals surface area (Å²) in [6.07, 6.45) is 0. The van der Waals surface area contributed by atoms with Crippen LogP contribution in [-0.4, -0.2) is 17.6 Å². The Bertz CT molecular complexity index is 451. The molecule has 0 saturated carbocycles. The van der Waals surface area contributed by atoms with Gasteiger partial charge in [0.05, 0.1) is 6.61 Å². The topological polar surface area (TPSA) is 59.2 Å². The predicted molar refractivity (Wildman–Crippen MR) is 57.5 cm³/mol. The van der Waals surface area contributed by atoms with Crippen molar-refractivity contribution in [1.82, 2.24) is 4.98 Å². The number of rotatable bonds is 2. The fraction of sp³-hybridized carbons (Fsp3) is 0.400. The number of H-pyrrole nitrogens is 1. The minimum absolute atomic E-state index is 0.0209. The van der Waals surface area contributed by atoms with E-state index in [1.807, 2.05) is 0 Å². The maximum atomic E-state index is 11.7. The molecule has 1 N–H and O–H groups in total. The number of aromatic nitrogens is 1. The SMILES string of the molecule is CCOC(=O)c1c(C)[nH]c(C)c(Cl)c1=O. The first-order valence-corrected chi connectivity index (χ1v) is 4.93. The Kier molecular flexibility index (Phi) is 3.52. The molecule has 1 aromatic rings. The number of nitrogens with one attached hydrogen (secondary N) is 1. The molecule has 0 amide bonds. The predicted octanol–water partition coefficient (Wildman–Crippen LogP) is 1.82. The smallest absolute Gasteiger partial charge is 0.343 e. The minimum Gasteiger partial charge on any atom is -0.462 e. The van der Waals surface area contributed by atoms with E-state index in [9.17, 15) is 9.59 Å². The molecule has 4 nitrogen and oxygen atoms in total. The second-order valence-corrected chi connectivity index (χ2v) is 3.49. The van der Waals surface area contributed by atoms with E-state index in [0.717, 1.165) is 0 Å². The molecular formula is C10H12ClNO3. The molecule has 1 aromatic heterocycles. The van der Waals surface area contributed by atoms with Crippen molar-refractivity contribution < 1.29 is 9.53 Å². The summed E-state index contributed by atoms with van der Waals surface area (Å²) in [5.41, 5.74) is 0.517. The highest BCUT2D eigenvalue weighted by Gasteiger charge is 2.18. The zero-order chi connectivity index (χ0) is 11.6. The Hall–Kier alpha value is -1.29. The lowest BCUT2D eigenvalue weighted by atomic mass is 10.2. The summed E-state index contributed by atoms with van der Waals surface area (Å²) >= 11 is 5.75. The van der Waals surface area contributed by atoms with E-state index in [0.29, 0.717) is 11.4 Å². The van der Waals surface area contributed by atoms with Crippen LogP contribution >= 0.6 is 11.6 Å². The first kappa shape index (κ1) is 11.8. The highest BCUT2D eigenvalue weighted by molar-refractivity contribution is 6.31. The van der Waals surface area contributed by atoms with Crippen molar-refractivity contribution in [2.45, 2.75) is 20.8 Å². The monoisotopic (exact) mass is 229 g/mol. The van der Waals surface area contributed by atoms with Gasteiger partial charge in [0.15, 0.2) is 0 Å². The first-order chi connectivity index (χ1) is 6.99. The van der Waals surface area contributed by atoms with Crippen LogP contribution in [0.1, 0.15) is 28.7 Å². The highest BCUT2D eigenvalue weighted by Crippen LogP contribution is 2.11. The number of esters is 1. The van der Waals surface area contributed by atoms with Gasteiger partial charge in [-0.2, -0.15) is 0 Å². The third-order valence-electron chi connectivity index (χ3n) is 1.99. The molecular weight excluding hydrogens is 218 g/mol. The van der Waals surface area contributed by atoms with Crippen molar-refractivity contribution in [2.24, 2.45) is 0 Å². The summed E-state index contributed by atoms with van der Waals surface area (Å²) in [5.74, 6) is -0.641. The van der Waals surface area contributed by atoms with Gasteiger partial charge in [-0.1, -0.05) is 11.6 Å². The van der Waals surface area contributed by atoms with Gasteiger partial charge in [-0.25, -0.2) is 4.79 Å². The molecule has 15 heavy (non-hydrogen) atoms. The summed E-state index contributed by atoms with van der Waals surface area (Å²) in [5, 5.41) is 0.0312. The second-order valence-electron chi connectivity index (χ2n) is 3.11. The van der Waals surface area contributed by atoms with E-state index in [2.05, 4.69) is 4.98 Å². The fourth-order valence-corrected chi connectivity index (χ4v) is 1.44. The van der Waals surface area contributed by atoms with Crippen molar-refractivity contribution in [3.63, 3.8) is 0 Å². The Labute approximate surface area is 92.2 Å². The molecule has 1 heterocycles. The molecule has 0 aliphatic carbocycles. The lowest BCUT2D eigenvalue weighted by Crippen LogP contribution is -2.21. The quantitative estimate of drug-likeness (QED) is 0.787. The number of halogens is 1. The number of aryl methyl sites for hydroxylation is 2. The van der Waals surface area contributed by atoms with Crippen LogP contribution in [0.25, 0.3) is 0 Å². The molecule has 0 spiro atoms. The molecule has 82 valence electrons. The van der Waals surface area contributed by atoms with Crippen LogP contribution in [0.3, 0.4) is 0 Å². The van der Waals surface area contributed by atoms with Crippen LogP contribution in [0.15, 0.2) is 4.79 Å². The largest absolute Gasteiger partial charge is 0.462 e. The van der Waals surface area contributed by atoms with Gasteiger partial charge in [0, 0.05) is 11.4 Å². The highest BCUT2D eigenvalue weighted by atomic mass is 35.5. The average molecular weight is 230 g/mol. The molecule has 0 radical (unpaired) electrons. The zero-order valence-corrected chi connectivity index (χ0v) is 9.57. The Morgan fingerprint density at radius 2 is 2.00 bits per heavy atom. The van der Waals surface area contributed by atoms with Crippen molar-refractivity contribution in [3.05, 3.63) is 32.2 Å². The van der Waals surface area contributed by atoms with E-state index >= 15 is 0 Å². The van der Waals surface area contributed by atoms with Crippen LogP contribution in [0.5, 0.6) is 0 Å². The number of ether oxygens (including phenoxy) is 1. The van der Waals surface area contributed by atoms with Gasteiger partial charge in [-0.3, -0.25) is 4.79 Å². The summed E-state index contributed by atoms with van der Waals surface area (Å²) in [6, 6.07) is 0. The van der Waals surface area contributed by atoms with Gasteiger partial charge in [0.2, 0.25) is 5.43 Å². The Morgan fingerprint density at radius 1 is 1.40 bits per heavy atom. The van der Waals surface area contributed by atoms with Gasteiger partial charge in [0.25, 0.3) is 0 Å². The van der Waals surface area contributed by atoms with Crippen molar-refractivity contribution in [3.8, 4) is 0 Å². The zero-order valence-electron chi connectivity index (χ0n) is 8.81. The average Bonchev–Trinajstić information content (AvgIpc) is 2.15. The molecule has 0 unspecified atom stereocenters. The van der Waals surface area contributed by atoms with Crippen molar-refractivity contribution in [2.75, 3.05) is 6.61 Å². The van der Waals surface area contributed by atoms with Gasteiger partial charge >= 0.3 is 5.97 Å². The van der Waals surface area contributed by atoms with Crippen LogP contribution in [-0.2, 0) is 4.74 Å². The van der Waals surface area contributed by atoms with Crippen LogP contribution in [0.2, 0.25) is 5.02 Å². The number of hydrogen-bond donors (Lipinski definition) is 1. The summed E-state index contributed by atoms with van der Waals surface area (Å²) in [4.78, 5) is 26.0. The lowest BCUT2D eigenvalue weighted by Gasteiger charge is -2.07. The van der Waals surface area contributed by atoms with Crippen molar-refractivity contribution in [1.29, 1.82) is 0 Å². The molecule has 0 fully saturated rings. The molecule has 0 aromatic carbocycles. The van der Waals surface area contributed by atoms with Crippen LogP contribution in [0.4, 0.5) is 0 Å². The summed E-state index contributed by atoms with van der Waals surface area (Å²) in [7, 11) is 0. The van der Waals surface area contributed by atoms with Gasteiger partial charge in [0.1, 0.15) is 10.6 Å². The normalized spacial score (nSPS) is 10.1. The van der Waals surface area contributed by atoms with E-state index in [-0.39, 0.29) is 17.2 Å². The van der Waals surface area contributed by atoms with E-state index in [4.69, 9.17) is 16.3 Å². The number of pyridine rings is 1. The summed E-state index contributed by atoms with van der Waals surface area (Å²) in [6.45, 7) is 5.21. The summed E-state index contributed by atoms with van der Waals surface area (Å²) < 4.78 is 4.77. The fourth-order valence-electron chi connectivity index (χ4n) is 1.30. The van der Waals surface area contributed by atoms with Gasteiger partial charge < -0.3 is 9.72 Å². The third kappa shape index (κ3) is 2.21. The molecule has 5 heteroatoms. The lowest BCUT2D eigenvalue weighted by molar-refractivity contribution is 0.0523. The van der Waals surface area contributed by atoms with Crippen LogP contribution < -0.4 is 5.43 Å². The Morgan fingerprint density at radius 3 is 2.53 bits per heavy atom. The van der Waals surface area contributed by atoms with Gasteiger partial charge in [-0.15, -0.1) is 0 Å². The first-order valence-electron chi connectivity index (χ1n) is 4.55. The van der Waals surface area contributed by atoms with E-state index in [1.165, 1.54) is 0 Å². The number of aromatic amines is 1. The standard InChI is InChI=1S/C10H12ClNO3/c1-4-15-10(14)7-5(2)12-6(3)8(11)9(7)13/h4H2,1-3H3,(H,12,13). The molecule has 0 aliphatic rings. The van der Waals surface area contributed by atoms with Gasteiger partial charge in [-0.05, 0) is 20.8 Å². The Balaban J connectivity index is 3.36. The van der Waals surface area contributed by atoms with E-state index in [1.54, 1.807) is 20.8 Å².